The zero-order chi connectivity index (χ0) is 14.3. The number of methoxy groups -OCH3 is 1. The van der Waals surface area contributed by atoms with Gasteiger partial charge in [-0.15, -0.1) is 0 Å². The maximum Gasteiger partial charge on any atom is 0.0637 e. The molecule has 3 heteroatoms. The summed E-state index contributed by atoms with van der Waals surface area (Å²) in [6.45, 7) is 8.39. The molecule has 0 aliphatic carbocycles. The summed E-state index contributed by atoms with van der Waals surface area (Å²) in [5.74, 6) is 0. The van der Waals surface area contributed by atoms with E-state index in [9.17, 15) is 0 Å². The summed E-state index contributed by atoms with van der Waals surface area (Å²) >= 11 is 3.61. The summed E-state index contributed by atoms with van der Waals surface area (Å²) in [5, 5.41) is 0.896. The Hall–Kier alpha value is -0.540. The quantitative estimate of drug-likeness (QED) is 0.650. The van der Waals surface area contributed by atoms with E-state index in [2.05, 4.69) is 59.8 Å². The molecule has 0 heterocycles. The highest BCUT2D eigenvalue weighted by molar-refractivity contribution is 9.08. The Morgan fingerprint density at radius 1 is 1.26 bits per heavy atom. The van der Waals surface area contributed by atoms with E-state index >= 15 is 0 Å². The molecule has 0 radical (unpaired) electrons. The molecule has 1 rings (SSSR count). The molecule has 0 spiro atoms. The van der Waals surface area contributed by atoms with Gasteiger partial charge in [-0.2, -0.15) is 0 Å². The van der Waals surface area contributed by atoms with Crippen LogP contribution in [0.1, 0.15) is 37.8 Å². The van der Waals surface area contributed by atoms with E-state index in [0.29, 0.717) is 6.04 Å². The average molecular weight is 328 g/mol. The van der Waals surface area contributed by atoms with Crippen LogP contribution in [-0.2, 0) is 10.1 Å². The van der Waals surface area contributed by atoms with Crippen molar-refractivity contribution in [2.75, 3.05) is 25.2 Å². The highest BCUT2D eigenvalue weighted by atomic mass is 79.9. The lowest BCUT2D eigenvalue weighted by Crippen LogP contribution is -2.37. The van der Waals surface area contributed by atoms with E-state index in [4.69, 9.17) is 4.74 Å². The molecule has 0 aliphatic heterocycles. The molecule has 1 aromatic carbocycles. The van der Waals surface area contributed by atoms with E-state index in [-0.39, 0.29) is 0 Å². The molecular weight excluding hydrogens is 302 g/mol. The van der Waals surface area contributed by atoms with Crippen LogP contribution in [0, 0.1) is 6.92 Å². The van der Waals surface area contributed by atoms with Crippen molar-refractivity contribution < 1.29 is 4.74 Å². The van der Waals surface area contributed by atoms with Crippen molar-refractivity contribution in [3.8, 4) is 0 Å². The summed E-state index contributed by atoms with van der Waals surface area (Å²) in [5.41, 5.74) is 4.02. The van der Waals surface area contributed by atoms with Crippen molar-refractivity contribution in [2.24, 2.45) is 0 Å². The second-order valence-corrected chi connectivity index (χ2v) is 5.48. The normalized spacial score (nSPS) is 11.1. The van der Waals surface area contributed by atoms with Crippen LogP contribution < -0.4 is 4.90 Å². The van der Waals surface area contributed by atoms with Crippen molar-refractivity contribution in [3.63, 3.8) is 0 Å². The second kappa shape index (κ2) is 8.60. The van der Waals surface area contributed by atoms with Crippen molar-refractivity contribution in [2.45, 2.75) is 45.0 Å². The van der Waals surface area contributed by atoms with Crippen LogP contribution in [0.4, 0.5) is 5.69 Å². The Kier molecular flexibility index (Phi) is 7.47. The Morgan fingerprint density at radius 2 is 1.95 bits per heavy atom. The maximum absolute atomic E-state index is 5.28. The summed E-state index contributed by atoms with van der Waals surface area (Å²) in [6.07, 6.45) is 2.33. The molecule has 0 bridgehead atoms. The van der Waals surface area contributed by atoms with Gasteiger partial charge in [-0.05, 0) is 31.4 Å². The number of benzene rings is 1. The fourth-order valence-electron chi connectivity index (χ4n) is 2.52. The Morgan fingerprint density at radius 3 is 2.47 bits per heavy atom. The number of ether oxygens (including phenoxy) is 1. The number of hydrogen-bond acceptors (Lipinski definition) is 2. The number of anilines is 1. The third kappa shape index (κ3) is 4.50. The van der Waals surface area contributed by atoms with Gasteiger partial charge in [0.25, 0.3) is 0 Å². The first-order valence-corrected chi connectivity index (χ1v) is 8.21. The van der Waals surface area contributed by atoms with Crippen LogP contribution in [-0.4, -0.2) is 26.3 Å². The molecule has 1 aromatic rings. The lowest BCUT2D eigenvalue weighted by Gasteiger charge is -2.34. The molecule has 0 saturated heterocycles. The number of aryl methyl sites for hydroxylation is 1. The van der Waals surface area contributed by atoms with Crippen LogP contribution in [0.3, 0.4) is 0 Å². The van der Waals surface area contributed by atoms with Crippen molar-refractivity contribution in [3.05, 3.63) is 29.3 Å². The van der Waals surface area contributed by atoms with Crippen molar-refractivity contribution in [1.29, 1.82) is 0 Å². The molecule has 0 amide bonds. The van der Waals surface area contributed by atoms with Crippen LogP contribution in [0.15, 0.2) is 18.2 Å². The molecule has 108 valence electrons. The topological polar surface area (TPSA) is 12.5 Å². The molecule has 0 N–H and O–H groups in total. The Balaban J connectivity index is 3.08. The van der Waals surface area contributed by atoms with Gasteiger partial charge in [-0.3, -0.25) is 0 Å². The summed E-state index contributed by atoms with van der Waals surface area (Å²) < 4.78 is 5.28. The molecule has 0 aliphatic rings. The fraction of sp³-hybridized carbons (Fsp3) is 0.625. The van der Waals surface area contributed by atoms with Gasteiger partial charge in [0, 0.05) is 30.7 Å². The SMILES string of the molecule is CCC(CC)N(CCOC)c1ccc(C)cc1CBr. The Labute approximate surface area is 126 Å². The first-order chi connectivity index (χ1) is 9.17. The zero-order valence-corrected chi connectivity index (χ0v) is 14.2. The highest BCUT2D eigenvalue weighted by Gasteiger charge is 2.18. The minimum absolute atomic E-state index is 0.579. The van der Waals surface area contributed by atoms with Crippen LogP contribution >= 0.6 is 15.9 Å². The highest BCUT2D eigenvalue weighted by Crippen LogP contribution is 2.27. The number of halogens is 1. The first-order valence-electron chi connectivity index (χ1n) is 7.08. The zero-order valence-electron chi connectivity index (χ0n) is 12.6. The van der Waals surface area contributed by atoms with Gasteiger partial charge in [-0.1, -0.05) is 47.5 Å². The van der Waals surface area contributed by atoms with Gasteiger partial charge in [0.15, 0.2) is 0 Å². The Bertz CT molecular complexity index is 377. The largest absolute Gasteiger partial charge is 0.383 e. The van der Waals surface area contributed by atoms with E-state index in [1.54, 1.807) is 7.11 Å². The van der Waals surface area contributed by atoms with Gasteiger partial charge in [0.2, 0.25) is 0 Å². The second-order valence-electron chi connectivity index (χ2n) is 4.92. The van der Waals surface area contributed by atoms with Crippen LogP contribution in [0.5, 0.6) is 0 Å². The fourth-order valence-corrected chi connectivity index (χ4v) is 2.97. The molecule has 0 aromatic heterocycles. The average Bonchev–Trinajstić information content (AvgIpc) is 2.43. The van der Waals surface area contributed by atoms with Crippen molar-refractivity contribution >= 4 is 21.6 Å². The van der Waals surface area contributed by atoms with Gasteiger partial charge in [0.05, 0.1) is 6.61 Å². The summed E-state index contributed by atoms with van der Waals surface area (Å²) in [7, 11) is 1.77. The van der Waals surface area contributed by atoms with Gasteiger partial charge in [-0.25, -0.2) is 0 Å². The molecule has 19 heavy (non-hydrogen) atoms. The van der Waals surface area contributed by atoms with E-state index in [1.165, 1.54) is 16.8 Å². The molecule has 0 atom stereocenters. The predicted molar refractivity (Wildman–Crippen MR) is 87.4 cm³/mol. The lowest BCUT2D eigenvalue weighted by molar-refractivity contribution is 0.202. The predicted octanol–water partition coefficient (Wildman–Crippen LogP) is 4.53. The maximum atomic E-state index is 5.28. The first kappa shape index (κ1) is 16.5. The molecule has 0 unspecified atom stereocenters. The van der Waals surface area contributed by atoms with E-state index in [1.807, 2.05) is 0 Å². The minimum atomic E-state index is 0.579. The number of alkyl halides is 1. The molecule has 2 nitrogen and oxygen atoms in total. The minimum Gasteiger partial charge on any atom is -0.383 e. The van der Waals surface area contributed by atoms with E-state index in [0.717, 1.165) is 31.3 Å². The summed E-state index contributed by atoms with van der Waals surface area (Å²) in [4.78, 5) is 2.50. The van der Waals surface area contributed by atoms with Gasteiger partial charge < -0.3 is 9.64 Å². The lowest BCUT2D eigenvalue weighted by atomic mass is 10.1. The van der Waals surface area contributed by atoms with Crippen molar-refractivity contribution in [1.82, 2.24) is 0 Å². The third-order valence-corrected chi connectivity index (χ3v) is 4.21. The number of rotatable bonds is 8. The summed E-state index contributed by atoms with van der Waals surface area (Å²) in [6, 6.07) is 7.30. The monoisotopic (exact) mass is 327 g/mol. The smallest absolute Gasteiger partial charge is 0.0637 e. The molecular formula is C16H26BrNO. The molecule has 0 saturated carbocycles. The third-order valence-electron chi connectivity index (χ3n) is 3.61. The standard InChI is InChI=1S/C16H26BrNO/c1-5-15(6-2)18(9-10-19-4)16-8-7-13(3)11-14(16)12-17/h7-8,11,15H,5-6,9-10,12H2,1-4H3. The number of nitrogens with zero attached hydrogens (tertiary/aromatic N) is 1. The van der Waals surface area contributed by atoms with E-state index < -0.39 is 0 Å². The van der Waals surface area contributed by atoms with Gasteiger partial charge >= 0.3 is 0 Å². The molecule has 0 fully saturated rings. The van der Waals surface area contributed by atoms with Crippen LogP contribution in [0.25, 0.3) is 0 Å². The number of hydrogen-bond donors (Lipinski definition) is 0. The van der Waals surface area contributed by atoms with Crippen LogP contribution in [0.2, 0.25) is 0 Å². The van der Waals surface area contributed by atoms with Gasteiger partial charge in [0.1, 0.15) is 0 Å².